The molecule has 0 aliphatic carbocycles. The minimum atomic E-state index is -2.89. The van der Waals surface area contributed by atoms with Crippen LogP contribution < -0.4 is 5.73 Å². The van der Waals surface area contributed by atoms with Crippen LogP contribution in [0, 0.1) is 0 Å². The summed E-state index contributed by atoms with van der Waals surface area (Å²) in [6.07, 6.45) is 0.235. The minimum absolute atomic E-state index is 0.220. The third kappa shape index (κ3) is 3.47. The quantitative estimate of drug-likeness (QED) is 0.571. The molecule has 1 aliphatic heterocycles. The van der Waals surface area contributed by atoms with Crippen molar-refractivity contribution in [1.82, 2.24) is 19.5 Å². The molecule has 25 heavy (non-hydrogen) atoms. The van der Waals surface area contributed by atoms with Gasteiger partial charge in [-0.1, -0.05) is 6.92 Å². The van der Waals surface area contributed by atoms with Gasteiger partial charge in [0, 0.05) is 11.2 Å². The summed E-state index contributed by atoms with van der Waals surface area (Å²) in [7, 11) is -2.89. The zero-order valence-electron chi connectivity index (χ0n) is 13.4. The summed E-state index contributed by atoms with van der Waals surface area (Å²) in [6, 6.07) is 0. The number of aliphatic hydroxyl groups excluding tert-OH is 1. The van der Waals surface area contributed by atoms with Crippen molar-refractivity contribution >= 4 is 25.2 Å². The smallest absolute Gasteiger partial charge is 0.394 e. The highest BCUT2D eigenvalue weighted by Crippen LogP contribution is 2.38. The predicted octanol–water partition coefficient (Wildman–Crippen LogP) is 0.128. The molecule has 4 N–H and O–H groups in total. The van der Waals surface area contributed by atoms with Crippen LogP contribution in [0.5, 0.6) is 0 Å². The minimum Gasteiger partial charge on any atom is -0.394 e. The van der Waals surface area contributed by atoms with E-state index in [-0.39, 0.29) is 5.82 Å². The molecule has 1 aliphatic rings. The summed E-state index contributed by atoms with van der Waals surface area (Å²) in [5, 5.41) is 9.56. The fourth-order valence-electron chi connectivity index (χ4n) is 2.80. The van der Waals surface area contributed by atoms with E-state index in [1.807, 2.05) is 6.92 Å². The second-order valence-corrected chi connectivity index (χ2v) is 6.16. The first kappa shape index (κ1) is 18.1. The Morgan fingerprint density at radius 3 is 2.88 bits per heavy atom. The zero-order valence-corrected chi connectivity index (χ0v) is 14.3. The average Bonchev–Trinajstić information content (AvgIpc) is 3.15. The van der Waals surface area contributed by atoms with Crippen molar-refractivity contribution in [1.29, 1.82) is 0 Å². The van der Waals surface area contributed by atoms with Crippen molar-refractivity contribution in [2.24, 2.45) is 0 Å². The summed E-state index contributed by atoms with van der Waals surface area (Å²) in [4.78, 5) is 21.4. The number of hydrogen-bond acceptors (Lipinski definition) is 9. The van der Waals surface area contributed by atoms with Gasteiger partial charge < -0.3 is 20.3 Å². The van der Waals surface area contributed by atoms with Gasteiger partial charge >= 0.3 is 8.25 Å². The molecule has 0 amide bonds. The van der Waals surface area contributed by atoms with E-state index in [4.69, 9.17) is 24.6 Å². The summed E-state index contributed by atoms with van der Waals surface area (Å²) >= 11 is 0. The fraction of sp³-hybridized carbons (Fsp3) is 0.615. The Morgan fingerprint density at radius 1 is 1.40 bits per heavy atom. The molecule has 0 spiro atoms. The molecular weight excluding hydrogens is 353 g/mol. The molecule has 0 radical (unpaired) electrons. The van der Waals surface area contributed by atoms with E-state index in [0.29, 0.717) is 17.8 Å². The van der Waals surface area contributed by atoms with Crippen LogP contribution in [-0.4, -0.2) is 61.0 Å². The monoisotopic (exact) mass is 372 g/mol. The van der Waals surface area contributed by atoms with E-state index in [1.165, 1.54) is 12.7 Å². The van der Waals surface area contributed by atoms with Crippen molar-refractivity contribution in [3.8, 4) is 0 Å². The lowest BCUT2D eigenvalue weighted by atomic mass is 10.1. The lowest BCUT2D eigenvalue weighted by Crippen LogP contribution is -2.36. The number of ether oxygens (including phenoxy) is 2. The lowest BCUT2D eigenvalue weighted by Gasteiger charge is -2.21. The van der Waals surface area contributed by atoms with Crippen LogP contribution in [0.15, 0.2) is 12.7 Å². The van der Waals surface area contributed by atoms with Gasteiger partial charge in [0.15, 0.2) is 23.8 Å². The maximum absolute atomic E-state index is 11.2. The molecule has 2 aromatic rings. The molecule has 2 aromatic heterocycles. The number of imidazole rings is 1. The molecule has 1 fully saturated rings. The highest BCUT2D eigenvalue weighted by Gasteiger charge is 2.51. The molecule has 136 valence electrons. The van der Waals surface area contributed by atoms with Crippen LogP contribution >= 0.6 is 8.25 Å². The number of nitrogens with two attached hydrogens (primary N) is 1. The highest BCUT2D eigenvalue weighted by molar-refractivity contribution is 7.32. The average molecular weight is 372 g/mol. The summed E-state index contributed by atoms with van der Waals surface area (Å²) < 4.78 is 29.4. The van der Waals surface area contributed by atoms with Gasteiger partial charge in [0.1, 0.15) is 24.1 Å². The standard InChI is InChI=1S/C13H18N5O6P/c1-2-3-22-10-9(24-25(20)21)7(4-19)23-13(10)18-6-17-8-11(14)15-5-16-12(8)18/h5-7,9-10,13,19H,2-4H2,1H3,(H2-,14,15,16,20,21)/p+1/t7-,9+,10?,13-/m1/s1. The first-order valence-corrected chi connectivity index (χ1v) is 8.83. The van der Waals surface area contributed by atoms with E-state index in [0.717, 1.165) is 6.42 Å². The molecule has 3 rings (SSSR count). The number of aliphatic hydroxyl groups is 1. The van der Waals surface area contributed by atoms with Crippen molar-refractivity contribution in [3.05, 3.63) is 12.7 Å². The molecule has 3 heterocycles. The van der Waals surface area contributed by atoms with Crippen molar-refractivity contribution in [2.75, 3.05) is 18.9 Å². The molecule has 0 bridgehead atoms. The van der Waals surface area contributed by atoms with E-state index in [1.54, 1.807) is 4.57 Å². The largest absolute Gasteiger partial charge is 0.695 e. The number of rotatable bonds is 7. The Bertz CT molecular complexity index is 758. The molecule has 0 saturated carbocycles. The van der Waals surface area contributed by atoms with Crippen LogP contribution in [0.4, 0.5) is 5.82 Å². The second kappa shape index (κ2) is 7.65. The van der Waals surface area contributed by atoms with Crippen molar-refractivity contribution < 1.29 is 28.6 Å². The molecule has 11 nitrogen and oxygen atoms in total. The fourth-order valence-corrected chi connectivity index (χ4v) is 3.26. The van der Waals surface area contributed by atoms with Crippen LogP contribution in [0.3, 0.4) is 0 Å². The number of hydrogen-bond donors (Lipinski definition) is 3. The molecule has 0 aromatic carbocycles. The van der Waals surface area contributed by atoms with Gasteiger partial charge in [0.05, 0.1) is 12.9 Å². The van der Waals surface area contributed by atoms with Gasteiger partial charge in [-0.2, -0.15) is 0 Å². The molecule has 1 saturated heterocycles. The van der Waals surface area contributed by atoms with E-state index >= 15 is 0 Å². The van der Waals surface area contributed by atoms with Crippen LogP contribution in [0.1, 0.15) is 19.6 Å². The van der Waals surface area contributed by atoms with Gasteiger partial charge in [-0.3, -0.25) is 4.57 Å². The summed E-state index contributed by atoms with van der Waals surface area (Å²) in [5.74, 6) is 0.220. The Kier molecular flexibility index (Phi) is 5.52. The van der Waals surface area contributed by atoms with Crippen LogP contribution in [0.2, 0.25) is 0 Å². The highest BCUT2D eigenvalue weighted by atomic mass is 31.1. The number of aromatic nitrogens is 4. The number of nitrogen functional groups attached to an aromatic ring is 1. The second-order valence-electron chi connectivity index (χ2n) is 5.47. The Hall–Kier alpha value is -1.75. The SMILES string of the molecule is CCCOC1[C@@H](O[P+](=O)O)[C@@H](CO)O[C@H]1n1cnc2c(N)ncnc21. The Labute approximate surface area is 143 Å². The van der Waals surface area contributed by atoms with E-state index in [2.05, 4.69) is 15.0 Å². The van der Waals surface area contributed by atoms with Gasteiger partial charge in [-0.05, 0) is 6.42 Å². The molecule has 12 heteroatoms. The molecular formula is C13H19N5O6P+. The maximum Gasteiger partial charge on any atom is 0.695 e. The Morgan fingerprint density at radius 2 is 2.20 bits per heavy atom. The van der Waals surface area contributed by atoms with Crippen LogP contribution in [-0.2, 0) is 18.6 Å². The van der Waals surface area contributed by atoms with E-state index < -0.39 is 39.4 Å². The first-order chi connectivity index (χ1) is 12.1. The summed E-state index contributed by atoms with van der Waals surface area (Å²) in [6.45, 7) is 1.91. The summed E-state index contributed by atoms with van der Waals surface area (Å²) in [5.41, 5.74) is 6.62. The van der Waals surface area contributed by atoms with E-state index in [9.17, 15) is 9.67 Å². The van der Waals surface area contributed by atoms with Crippen LogP contribution in [0.25, 0.3) is 11.2 Å². The Balaban J connectivity index is 1.99. The maximum atomic E-state index is 11.2. The van der Waals surface area contributed by atoms with Crippen molar-refractivity contribution in [2.45, 2.75) is 37.9 Å². The predicted molar refractivity (Wildman–Crippen MR) is 85.5 cm³/mol. The topological polar surface area (TPSA) is 155 Å². The van der Waals surface area contributed by atoms with Gasteiger partial charge in [-0.15, -0.1) is 9.42 Å². The third-order valence-corrected chi connectivity index (χ3v) is 4.28. The normalized spacial score (nSPS) is 27.1. The van der Waals surface area contributed by atoms with Gasteiger partial charge in [0.2, 0.25) is 0 Å². The number of nitrogens with zero attached hydrogens (tertiary/aromatic N) is 4. The molecule has 2 unspecified atom stereocenters. The van der Waals surface area contributed by atoms with Gasteiger partial charge in [0.25, 0.3) is 0 Å². The third-order valence-electron chi connectivity index (χ3n) is 3.85. The lowest BCUT2D eigenvalue weighted by molar-refractivity contribution is -0.0698. The number of anilines is 1. The van der Waals surface area contributed by atoms with Crippen molar-refractivity contribution in [3.63, 3.8) is 0 Å². The number of fused-ring (bicyclic) bond motifs is 1. The van der Waals surface area contributed by atoms with Gasteiger partial charge in [-0.25, -0.2) is 15.0 Å². The molecule has 5 atom stereocenters. The zero-order chi connectivity index (χ0) is 18.0. The first-order valence-electron chi connectivity index (χ1n) is 7.70.